The Morgan fingerprint density at radius 2 is 1.70 bits per heavy atom. The molecule has 0 fully saturated rings. The third kappa shape index (κ3) is 5.41. The van der Waals surface area contributed by atoms with E-state index in [1.165, 1.54) is 18.0 Å². The Bertz CT molecular complexity index is 805. The molecule has 0 aliphatic carbocycles. The van der Waals surface area contributed by atoms with Crippen LogP contribution in [-0.4, -0.2) is 47.4 Å². The molecular weight excluding hydrogens is 344 g/mol. The number of rotatable bonds is 8. The zero-order chi connectivity index (χ0) is 19.8. The van der Waals surface area contributed by atoms with Gasteiger partial charge in [-0.3, -0.25) is 9.59 Å². The van der Waals surface area contributed by atoms with Crippen LogP contribution >= 0.6 is 0 Å². The second-order valence-electron chi connectivity index (χ2n) is 6.30. The van der Waals surface area contributed by atoms with E-state index in [4.69, 9.17) is 0 Å². The van der Waals surface area contributed by atoms with Crippen LogP contribution in [0.4, 0.5) is 0 Å². The summed E-state index contributed by atoms with van der Waals surface area (Å²) in [7, 11) is 1.47. The highest BCUT2D eigenvalue weighted by Gasteiger charge is 2.27. The van der Waals surface area contributed by atoms with Gasteiger partial charge in [-0.1, -0.05) is 43.3 Å². The average molecular weight is 368 g/mol. The molecule has 1 atom stereocenters. The van der Waals surface area contributed by atoms with E-state index in [0.29, 0.717) is 12.1 Å². The Hall–Kier alpha value is -3.15. The minimum absolute atomic E-state index is 0.203. The maximum atomic E-state index is 12.8. The first-order chi connectivity index (χ1) is 12.9. The van der Waals surface area contributed by atoms with Crippen LogP contribution < -0.4 is 5.32 Å². The van der Waals surface area contributed by atoms with E-state index in [9.17, 15) is 19.5 Å². The summed E-state index contributed by atoms with van der Waals surface area (Å²) in [4.78, 5) is 37.8. The van der Waals surface area contributed by atoms with Crippen molar-refractivity contribution in [3.05, 3.63) is 71.3 Å². The van der Waals surface area contributed by atoms with Crippen LogP contribution in [0.5, 0.6) is 0 Å². The molecular formula is C21H24N2O4. The lowest BCUT2D eigenvalue weighted by Crippen LogP contribution is -2.43. The highest BCUT2D eigenvalue weighted by molar-refractivity contribution is 6.00. The zero-order valence-corrected chi connectivity index (χ0v) is 15.5. The number of carboxylic acid groups (broad SMARTS) is 1. The summed E-state index contributed by atoms with van der Waals surface area (Å²) in [6.07, 6.45) is 1.02. The molecule has 0 spiro atoms. The lowest BCUT2D eigenvalue weighted by molar-refractivity contribution is -0.141. The van der Waals surface area contributed by atoms with Crippen molar-refractivity contribution in [2.75, 3.05) is 13.6 Å². The molecule has 0 bridgehead atoms. The first-order valence-corrected chi connectivity index (χ1v) is 8.86. The van der Waals surface area contributed by atoms with Crippen LogP contribution in [0, 0.1) is 0 Å². The van der Waals surface area contributed by atoms with E-state index in [0.717, 1.165) is 12.0 Å². The van der Waals surface area contributed by atoms with Gasteiger partial charge in [-0.25, -0.2) is 4.79 Å². The van der Waals surface area contributed by atoms with E-state index in [1.807, 2.05) is 37.3 Å². The molecule has 1 unspecified atom stereocenters. The van der Waals surface area contributed by atoms with E-state index >= 15 is 0 Å². The third-order valence-electron chi connectivity index (χ3n) is 4.25. The first-order valence-electron chi connectivity index (χ1n) is 8.86. The second-order valence-corrected chi connectivity index (χ2v) is 6.30. The number of carbonyl (C=O) groups excluding carboxylic acids is 2. The molecule has 2 aromatic rings. The Morgan fingerprint density at radius 1 is 1.04 bits per heavy atom. The van der Waals surface area contributed by atoms with Crippen LogP contribution in [0.3, 0.4) is 0 Å². The first kappa shape index (κ1) is 20.2. The number of nitrogens with one attached hydrogen (secondary N) is 1. The van der Waals surface area contributed by atoms with Crippen LogP contribution in [0.2, 0.25) is 0 Å². The largest absolute Gasteiger partial charge is 0.480 e. The number of hydrogen-bond acceptors (Lipinski definition) is 3. The normalized spacial score (nSPS) is 11.5. The monoisotopic (exact) mass is 368 g/mol. The third-order valence-corrected chi connectivity index (χ3v) is 4.25. The van der Waals surface area contributed by atoms with Crippen LogP contribution in [0.1, 0.15) is 39.6 Å². The fourth-order valence-corrected chi connectivity index (χ4v) is 2.71. The molecule has 2 aromatic carbocycles. The van der Waals surface area contributed by atoms with E-state index in [-0.39, 0.29) is 17.9 Å². The van der Waals surface area contributed by atoms with E-state index in [1.54, 1.807) is 18.2 Å². The summed E-state index contributed by atoms with van der Waals surface area (Å²) in [6.45, 7) is 2.50. The van der Waals surface area contributed by atoms with Crippen LogP contribution in [-0.2, 0) is 11.2 Å². The molecule has 6 nitrogen and oxygen atoms in total. The SMILES string of the molecule is CCCNC(=O)c1cccc(C(=O)N(C)C(Cc2ccccc2)C(=O)O)c1. The van der Waals surface area contributed by atoms with Crippen molar-refractivity contribution in [1.29, 1.82) is 0 Å². The van der Waals surface area contributed by atoms with Gasteiger partial charge in [-0.15, -0.1) is 0 Å². The van der Waals surface area contributed by atoms with Crippen LogP contribution in [0.25, 0.3) is 0 Å². The van der Waals surface area contributed by atoms with Gasteiger partial charge in [0.25, 0.3) is 11.8 Å². The number of hydrogen-bond donors (Lipinski definition) is 2. The van der Waals surface area contributed by atoms with E-state index < -0.39 is 17.9 Å². The predicted molar refractivity (Wildman–Crippen MR) is 103 cm³/mol. The summed E-state index contributed by atoms with van der Waals surface area (Å²) in [6, 6.07) is 14.5. The molecule has 2 rings (SSSR count). The highest BCUT2D eigenvalue weighted by atomic mass is 16.4. The lowest BCUT2D eigenvalue weighted by Gasteiger charge is -2.25. The Kier molecular flexibility index (Phi) is 7.11. The van der Waals surface area contributed by atoms with Gasteiger partial charge in [-0.05, 0) is 30.2 Å². The van der Waals surface area contributed by atoms with Crippen molar-refractivity contribution in [3.8, 4) is 0 Å². The minimum Gasteiger partial charge on any atom is -0.480 e. The number of carboxylic acids is 1. The van der Waals surface area contributed by atoms with Crippen molar-refractivity contribution < 1.29 is 19.5 Å². The highest BCUT2D eigenvalue weighted by Crippen LogP contribution is 2.14. The summed E-state index contributed by atoms with van der Waals surface area (Å²) in [5, 5.41) is 12.3. The summed E-state index contributed by atoms with van der Waals surface area (Å²) < 4.78 is 0. The Labute approximate surface area is 158 Å². The zero-order valence-electron chi connectivity index (χ0n) is 15.5. The van der Waals surface area contributed by atoms with Gasteiger partial charge in [0, 0.05) is 31.1 Å². The van der Waals surface area contributed by atoms with Crippen molar-refractivity contribution >= 4 is 17.8 Å². The van der Waals surface area contributed by atoms with Crippen molar-refractivity contribution in [3.63, 3.8) is 0 Å². The summed E-state index contributed by atoms with van der Waals surface area (Å²) >= 11 is 0. The smallest absolute Gasteiger partial charge is 0.326 e. The van der Waals surface area contributed by atoms with Crippen LogP contribution in [0.15, 0.2) is 54.6 Å². The topological polar surface area (TPSA) is 86.7 Å². The summed E-state index contributed by atoms with van der Waals surface area (Å²) in [5.74, 6) is -1.77. The molecule has 0 aliphatic rings. The lowest BCUT2D eigenvalue weighted by atomic mass is 10.0. The van der Waals surface area contributed by atoms with Crippen molar-refractivity contribution in [1.82, 2.24) is 10.2 Å². The fourth-order valence-electron chi connectivity index (χ4n) is 2.71. The molecule has 0 saturated carbocycles. The second kappa shape index (κ2) is 9.52. The van der Waals surface area contributed by atoms with Gasteiger partial charge in [0.2, 0.25) is 0 Å². The maximum Gasteiger partial charge on any atom is 0.326 e. The van der Waals surface area contributed by atoms with Crippen molar-refractivity contribution in [2.24, 2.45) is 0 Å². The Morgan fingerprint density at radius 3 is 2.33 bits per heavy atom. The van der Waals surface area contributed by atoms with E-state index in [2.05, 4.69) is 5.32 Å². The molecule has 2 N–H and O–H groups in total. The number of amides is 2. The molecule has 27 heavy (non-hydrogen) atoms. The van der Waals surface area contributed by atoms with Gasteiger partial charge in [0.05, 0.1) is 0 Å². The maximum absolute atomic E-state index is 12.8. The standard InChI is InChI=1S/C21H24N2O4/c1-3-12-22-19(24)16-10-7-11-17(14-16)20(25)23(2)18(21(26)27)13-15-8-5-4-6-9-15/h4-11,14,18H,3,12-13H2,1-2H3,(H,22,24)(H,26,27). The molecule has 2 amide bonds. The van der Waals surface area contributed by atoms with Gasteiger partial charge < -0.3 is 15.3 Å². The fraction of sp³-hybridized carbons (Fsp3) is 0.286. The Balaban J connectivity index is 2.19. The minimum atomic E-state index is -1.08. The van der Waals surface area contributed by atoms with Gasteiger partial charge in [0.1, 0.15) is 6.04 Å². The number of aliphatic carboxylic acids is 1. The average Bonchev–Trinajstić information content (AvgIpc) is 2.69. The quantitative estimate of drug-likeness (QED) is 0.750. The summed E-state index contributed by atoms with van der Waals surface area (Å²) in [5.41, 5.74) is 1.48. The molecule has 0 heterocycles. The molecule has 0 aliphatic heterocycles. The van der Waals surface area contributed by atoms with Gasteiger partial charge in [-0.2, -0.15) is 0 Å². The number of carbonyl (C=O) groups is 3. The number of nitrogens with zero attached hydrogens (tertiary/aromatic N) is 1. The van der Waals surface area contributed by atoms with Gasteiger partial charge >= 0.3 is 5.97 Å². The molecule has 0 saturated heterocycles. The molecule has 6 heteroatoms. The number of likely N-dealkylation sites (N-methyl/N-ethyl adjacent to an activating group) is 1. The number of benzene rings is 2. The van der Waals surface area contributed by atoms with Gasteiger partial charge in [0.15, 0.2) is 0 Å². The molecule has 142 valence electrons. The molecule has 0 radical (unpaired) electrons. The van der Waals surface area contributed by atoms with Crippen molar-refractivity contribution in [2.45, 2.75) is 25.8 Å². The molecule has 0 aromatic heterocycles. The predicted octanol–water partition coefficient (Wildman–Crippen LogP) is 2.59.